The van der Waals surface area contributed by atoms with Gasteiger partial charge in [-0.15, -0.1) is 0 Å². The van der Waals surface area contributed by atoms with Crippen molar-refractivity contribution in [3.8, 4) is 0 Å². The molecule has 0 aromatic heterocycles. The molecule has 0 fully saturated rings. The van der Waals surface area contributed by atoms with Crippen LogP contribution in [0, 0.1) is 0 Å². The summed E-state index contributed by atoms with van der Waals surface area (Å²) in [5.74, 6) is -57.1. The number of halogens is 32. The second-order valence-electron chi connectivity index (χ2n) is 8.41. The van der Waals surface area contributed by atoms with Crippen LogP contribution in [-0.2, 0) is 17.7 Å². The molecule has 0 aromatic carbocycles. The SMILES string of the molecule is FC(F)(F)C(F)(F)O[Si](OC(F)(F)C(F)(F)F)(OC(F)(F)C(F)(F)F)OC(F)(F)C(F)(F)C(F)(F)C(F)(F)C(F)(F)C(F)(F)C(F)(F)C(F)(F)F. The van der Waals surface area contributed by atoms with Crippen molar-refractivity contribution >= 4 is 9.05 Å². The molecule has 0 N–H and O–H groups in total. The van der Waals surface area contributed by atoms with E-state index < -0.39 is 93.7 Å². The van der Waals surface area contributed by atoms with Crippen LogP contribution in [0.3, 0.4) is 0 Å². The van der Waals surface area contributed by atoms with E-state index in [0.29, 0.717) is 0 Å². The summed E-state index contributed by atoms with van der Waals surface area (Å²) in [6.07, 6.45) is -67.3. The summed E-state index contributed by atoms with van der Waals surface area (Å²) >= 11 is 0. The van der Waals surface area contributed by atoms with Crippen LogP contribution in [0.25, 0.3) is 0 Å². The maximum absolute atomic E-state index is 14.1. The van der Waals surface area contributed by atoms with Gasteiger partial charge in [-0.25, -0.2) is 0 Å². The van der Waals surface area contributed by atoms with E-state index in [2.05, 4.69) is 0 Å². The average Bonchev–Trinajstić information content (AvgIpc) is 2.78. The van der Waals surface area contributed by atoms with Crippen molar-refractivity contribution in [2.24, 2.45) is 0 Å². The molecule has 0 radical (unpaired) electrons. The van der Waals surface area contributed by atoms with Crippen molar-refractivity contribution in [2.75, 3.05) is 0 Å². The van der Waals surface area contributed by atoms with Crippen molar-refractivity contribution in [3.63, 3.8) is 0 Å². The molecule has 0 aliphatic heterocycles. The van der Waals surface area contributed by atoms with Crippen LogP contribution in [0.5, 0.6) is 0 Å². The zero-order chi connectivity index (χ0) is 42.3. The number of rotatable bonds is 14. The first-order valence-electron chi connectivity index (χ1n) is 10.2. The summed E-state index contributed by atoms with van der Waals surface area (Å²) < 4.78 is 423. The minimum absolute atomic E-state index is 1.16. The summed E-state index contributed by atoms with van der Waals surface area (Å²) in [7, 11) is -10.9. The highest BCUT2D eigenvalue weighted by molar-refractivity contribution is 6.54. The summed E-state index contributed by atoms with van der Waals surface area (Å²) in [6.45, 7) is 0. The molecule has 37 heteroatoms. The van der Waals surface area contributed by atoms with E-state index in [1.165, 1.54) is 13.3 Å². The molecule has 0 rings (SSSR count). The van der Waals surface area contributed by atoms with Gasteiger partial charge in [0.15, 0.2) is 0 Å². The van der Waals surface area contributed by atoms with Crippen molar-refractivity contribution in [1.29, 1.82) is 0 Å². The van der Waals surface area contributed by atoms with Crippen LogP contribution >= 0.6 is 0 Å². The molecule has 0 bridgehead atoms. The highest BCUT2D eigenvalue weighted by Gasteiger charge is 2.96. The monoisotopic (exact) mass is 868 g/mol. The molecule has 0 unspecified atom stereocenters. The van der Waals surface area contributed by atoms with Gasteiger partial charge in [-0.3, -0.25) is 17.7 Å². The normalized spacial score (nSPS) is 16.9. The van der Waals surface area contributed by atoms with Crippen molar-refractivity contribution in [2.45, 2.75) is 84.7 Å². The molecule has 4 nitrogen and oxygen atoms in total. The van der Waals surface area contributed by atoms with E-state index in [4.69, 9.17) is 0 Å². The number of hydrogen-bond donors (Lipinski definition) is 0. The summed E-state index contributed by atoms with van der Waals surface area (Å²) in [4.78, 5) is 0. The Kier molecular flexibility index (Phi) is 11.9. The van der Waals surface area contributed by atoms with E-state index in [0.717, 1.165) is 4.43 Å². The Morgan fingerprint density at radius 3 is 0.569 bits per heavy atom. The van der Waals surface area contributed by atoms with Crippen LogP contribution < -0.4 is 0 Å². The lowest BCUT2D eigenvalue weighted by Crippen LogP contribution is -2.76. The summed E-state index contributed by atoms with van der Waals surface area (Å²) in [5.41, 5.74) is 0. The van der Waals surface area contributed by atoms with E-state index in [1.807, 2.05) is 0 Å². The van der Waals surface area contributed by atoms with Crippen molar-refractivity contribution in [3.05, 3.63) is 0 Å². The minimum Gasteiger partial charge on any atom is -0.285 e. The van der Waals surface area contributed by atoms with Gasteiger partial charge in [0, 0.05) is 0 Å². The van der Waals surface area contributed by atoms with Crippen LogP contribution in [0.4, 0.5) is 140 Å². The first-order valence-corrected chi connectivity index (χ1v) is 11.8. The molecule has 0 heterocycles. The Labute approximate surface area is 253 Å². The predicted octanol–water partition coefficient (Wildman–Crippen LogP) is 9.92. The topological polar surface area (TPSA) is 36.9 Å². The quantitative estimate of drug-likeness (QED) is 0.129. The Bertz CT molecular complexity index is 1150. The van der Waals surface area contributed by atoms with Gasteiger partial charge in [0.2, 0.25) is 0 Å². The Morgan fingerprint density at radius 1 is 0.196 bits per heavy atom. The van der Waals surface area contributed by atoms with Gasteiger partial charge in [0.25, 0.3) is 0 Å². The van der Waals surface area contributed by atoms with Crippen LogP contribution in [-0.4, -0.2) is 93.7 Å². The molecule has 0 saturated carbocycles. The van der Waals surface area contributed by atoms with E-state index in [9.17, 15) is 140 Å². The van der Waals surface area contributed by atoms with Gasteiger partial charge in [-0.05, 0) is 0 Å². The number of alkyl halides is 32. The Morgan fingerprint density at radius 2 is 0.373 bits per heavy atom. The van der Waals surface area contributed by atoms with Gasteiger partial charge >= 0.3 is 93.7 Å². The third-order valence-corrected chi connectivity index (χ3v) is 6.72. The molecule has 0 atom stereocenters. The zero-order valence-corrected chi connectivity index (χ0v) is 22.2. The highest BCUT2D eigenvalue weighted by atomic mass is 28.4. The molecule has 0 saturated heterocycles. The molecule has 0 spiro atoms. The van der Waals surface area contributed by atoms with Crippen molar-refractivity contribution in [1.82, 2.24) is 0 Å². The Hall–Kier alpha value is -2.18. The van der Waals surface area contributed by atoms with E-state index in [-0.39, 0.29) is 0 Å². The fraction of sp³-hybridized carbons (Fsp3) is 1.00. The number of hydrogen-bond acceptors (Lipinski definition) is 4. The first-order chi connectivity index (χ1) is 21.3. The van der Waals surface area contributed by atoms with Crippen molar-refractivity contribution < 1.29 is 158 Å². The molecule has 308 valence electrons. The minimum atomic E-state index is -10.9. The average molecular weight is 868 g/mol. The fourth-order valence-corrected chi connectivity index (χ4v) is 4.12. The highest BCUT2D eigenvalue weighted by Crippen LogP contribution is 2.64. The van der Waals surface area contributed by atoms with Gasteiger partial charge in [-0.1, -0.05) is 0 Å². The molecule has 0 aliphatic rings. The lowest BCUT2D eigenvalue weighted by Gasteiger charge is -2.43. The summed E-state index contributed by atoms with van der Waals surface area (Å²) in [5, 5.41) is 0. The second-order valence-corrected chi connectivity index (χ2v) is 10.2. The maximum Gasteiger partial charge on any atom is 0.698 e. The van der Waals surface area contributed by atoms with Gasteiger partial charge < -0.3 is 0 Å². The first kappa shape index (κ1) is 48.8. The Balaban J connectivity index is 8.08. The predicted molar refractivity (Wildman–Crippen MR) is 83.8 cm³/mol. The smallest absolute Gasteiger partial charge is 0.285 e. The van der Waals surface area contributed by atoms with Crippen LogP contribution in [0.2, 0.25) is 0 Å². The van der Waals surface area contributed by atoms with Gasteiger partial charge in [-0.2, -0.15) is 140 Å². The summed E-state index contributed by atoms with van der Waals surface area (Å²) in [6, 6.07) is 0. The lowest BCUT2D eigenvalue weighted by molar-refractivity contribution is -0.482. The standard InChI is InChI=1S/C14F32O4Si/c15-1(16,3(19,20)5(23,24)7(27,28)29)2(17,18)4(21,22)6(25,26)11(39,40)47-51(48-12(41,42)8(30,31)32,49-13(43,44)9(33,34)35)50-14(45,46)10(36,37)38. The molecule has 0 amide bonds. The molecular formula is C14F32O4Si. The third kappa shape index (κ3) is 8.03. The second kappa shape index (κ2) is 12.4. The molecule has 0 aliphatic carbocycles. The van der Waals surface area contributed by atoms with Crippen LogP contribution in [0.15, 0.2) is 0 Å². The molecule has 0 aromatic rings. The third-order valence-electron chi connectivity index (χ3n) is 4.70. The fourth-order valence-electron chi connectivity index (χ4n) is 2.14. The van der Waals surface area contributed by atoms with Gasteiger partial charge in [0.05, 0.1) is 0 Å². The zero-order valence-electron chi connectivity index (χ0n) is 21.2. The van der Waals surface area contributed by atoms with E-state index >= 15 is 0 Å². The largest absolute Gasteiger partial charge is 0.698 e. The maximum atomic E-state index is 14.1. The van der Waals surface area contributed by atoms with Gasteiger partial charge in [0.1, 0.15) is 0 Å². The van der Waals surface area contributed by atoms with E-state index in [1.54, 1.807) is 0 Å². The van der Waals surface area contributed by atoms with Crippen LogP contribution in [0.1, 0.15) is 0 Å². The molecular weight excluding hydrogens is 868 g/mol. The lowest BCUT2D eigenvalue weighted by atomic mass is 9.91. The molecule has 51 heavy (non-hydrogen) atoms.